The Morgan fingerprint density at radius 1 is 0.929 bits per heavy atom. The molecule has 4 rings (SSSR count). The van der Waals surface area contributed by atoms with Crippen LogP contribution in [0.25, 0.3) is 0 Å². The topological polar surface area (TPSA) is 96.0 Å². The van der Waals surface area contributed by atoms with Crippen molar-refractivity contribution in [3.8, 4) is 5.75 Å². The summed E-state index contributed by atoms with van der Waals surface area (Å²) in [6, 6.07) is 15.1. The quantitative estimate of drug-likeness (QED) is 0.315. The molecule has 1 atom stereocenters. The highest BCUT2D eigenvalue weighted by Crippen LogP contribution is 2.27. The molecule has 1 aliphatic rings. The van der Waals surface area contributed by atoms with Gasteiger partial charge in [0.1, 0.15) is 30.0 Å². The Labute approximate surface area is 245 Å². The number of nitrogens with zero attached hydrogens (tertiary/aromatic N) is 2. The highest BCUT2D eigenvalue weighted by Gasteiger charge is 2.33. The van der Waals surface area contributed by atoms with Crippen LogP contribution >= 0.6 is 0 Å². The Morgan fingerprint density at radius 2 is 1.50 bits per heavy atom. The van der Waals surface area contributed by atoms with Gasteiger partial charge in [0.2, 0.25) is 11.8 Å². The van der Waals surface area contributed by atoms with Crippen LogP contribution in [0.1, 0.15) is 45.1 Å². The van der Waals surface area contributed by atoms with Crippen molar-refractivity contribution >= 4 is 27.5 Å². The highest BCUT2D eigenvalue weighted by atomic mass is 32.2. The Bertz CT molecular complexity index is 1460. The minimum absolute atomic E-state index is 0.0157. The van der Waals surface area contributed by atoms with Crippen LogP contribution in [0.2, 0.25) is 0 Å². The van der Waals surface area contributed by atoms with Crippen LogP contribution in [0.5, 0.6) is 5.75 Å². The standard InChI is InChI=1S/C31H35F2N3O5S/c1-3-41-28-16-14-27(15-17-28)36(42(39,40)29-18-12-25(33)13-19-29)21-30(37)35(20-23-8-10-24(32)11-9-23)22(2)31(38)34-26-6-4-5-7-26/h8-19,22,26H,3-7,20-21H2,1-2H3,(H,34,38)/t22-/m0/s1. The first-order chi connectivity index (χ1) is 20.1. The van der Waals surface area contributed by atoms with Crippen molar-refractivity contribution in [2.24, 2.45) is 0 Å². The van der Waals surface area contributed by atoms with Gasteiger partial charge < -0.3 is 15.0 Å². The number of hydrogen-bond acceptors (Lipinski definition) is 5. The van der Waals surface area contributed by atoms with E-state index >= 15 is 0 Å². The van der Waals surface area contributed by atoms with E-state index in [9.17, 15) is 26.8 Å². The van der Waals surface area contributed by atoms with E-state index in [0.29, 0.717) is 17.9 Å². The van der Waals surface area contributed by atoms with E-state index in [4.69, 9.17) is 4.74 Å². The smallest absolute Gasteiger partial charge is 0.264 e. The van der Waals surface area contributed by atoms with Crippen LogP contribution in [-0.4, -0.2) is 50.4 Å². The minimum Gasteiger partial charge on any atom is -0.494 e. The average Bonchev–Trinajstić information content (AvgIpc) is 3.49. The molecule has 8 nitrogen and oxygen atoms in total. The molecule has 0 heterocycles. The van der Waals surface area contributed by atoms with E-state index in [-0.39, 0.29) is 29.1 Å². The average molecular weight is 600 g/mol. The maximum absolute atomic E-state index is 14.0. The lowest BCUT2D eigenvalue weighted by molar-refractivity contribution is -0.139. The van der Waals surface area contributed by atoms with Crippen molar-refractivity contribution in [3.05, 3.63) is 90.0 Å². The van der Waals surface area contributed by atoms with Crippen LogP contribution in [0, 0.1) is 11.6 Å². The fourth-order valence-electron chi connectivity index (χ4n) is 4.90. The molecule has 0 spiro atoms. The van der Waals surface area contributed by atoms with Gasteiger partial charge in [-0.2, -0.15) is 0 Å². The first-order valence-electron chi connectivity index (χ1n) is 13.9. The molecule has 0 aromatic heterocycles. The second-order valence-electron chi connectivity index (χ2n) is 10.2. The van der Waals surface area contributed by atoms with Gasteiger partial charge in [0.05, 0.1) is 17.2 Å². The van der Waals surface area contributed by atoms with Gasteiger partial charge in [0.15, 0.2) is 0 Å². The predicted octanol–water partition coefficient (Wildman–Crippen LogP) is 5.03. The number of nitrogens with one attached hydrogen (secondary N) is 1. The van der Waals surface area contributed by atoms with Gasteiger partial charge in [-0.3, -0.25) is 13.9 Å². The van der Waals surface area contributed by atoms with Gasteiger partial charge >= 0.3 is 0 Å². The molecule has 224 valence electrons. The van der Waals surface area contributed by atoms with Crippen molar-refractivity contribution in [2.75, 3.05) is 17.5 Å². The summed E-state index contributed by atoms with van der Waals surface area (Å²) >= 11 is 0. The fourth-order valence-corrected chi connectivity index (χ4v) is 6.31. The summed E-state index contributed by atoms with van der Waals surface area (Å²) in [5.74, 6) is -1.54. The number of carbonyl (C=O) groups excluding carboxylic acids is 2. The van der Waals surface area contributed by atoms with Crippen molar-refractivity contribution in [2.45, 2.75) is 63.1 Å². The van der Waals surface area contributed by atoms with Gasteiger partial charge in [-0.05, 0) is 92.9 Å². The van der Waals surface area contributed by atoms with Crippen LogP contribution in [0.15, 0.2) is 77.7 Å². The highest BCUT2D eigenvalue weighted by molar-refractivity contribution is 7.92. The number of benzene rings is 3. The van der Waals surface area contributed by atoms with Crippen LogP contribution < -0.4 is 14.4 Å². The molecule has 1 saturated carbocycles. The monoisotopic (exact) mass is 599 g/mol. The van der Waals surface area contributed by atoms with Gasteiger partial charge in [0.25, 0.3) is 10.0 Å². The first-order valence-corrected chi connectivity index (χ1v) is 15.4. The van der Waals surface area contributed by atoms with E-state index in [1.807, 2.05) is 6.92 Å². The van der Waals surface area contributed by atoms with E-state index < -0.39 is 40.2 Å². The lowest BCUT2D eigenvalue weighted by atomic mass is 10.1. The minimum atomic E-state index is -4.34. The number of halogens is 2. The number of hydrogen-bond donors (Lipinski definition) is 1. The van der Waals surface area contributed by atoms with Crippen LogP contribution in [0.3, 0.4) is 0 Å². The molecule has 3 aromatic rings. The maximum atomic E-state index is 14.0. The van der Waals surface area contributed by atoms with E-state index in [1.165, 1.54) is 41.3 Å². The molecule has 11 heteroatoms. The van der Waals surface area contributed by atoms with Crippen LogP contribution in [-0.2, 0) is 26.2 Å². The molecule has 0 unspecified atom stereocenters. The lowest BCUT2D eigenvalue weighted by Crippen LogP contribution is -2.52. The molecule has 42 heavy (non-hydrogen) atoms. The molecule has 3 aromatic carbocycles. The summed E-state index contributed by atoms with van der Waals surface area (Å²) in [7, 11) is -4.34. The Kier molecular flexibility index (Phi) is 10.2. The third kappa shape index (κ3) is 7.64. The molecule has 1 aliphatic carbocycles. The van der Waals surface area contributed by atoms with Crippen molar-refractivity contribution < 1.29 is 31.5 Å². The summed E-state index contributed by atoms with van der Waals surface area (Å²) in [5, 5.41) is 3.00. The largest absolute Gasteiger partial charge is 0.494 e. The van der Waals surface area contributed by atoms with Gasteiger partial charge in [0, 0.05) is 12.6 Å². The van der Waals surface area contributed by atoms with Crippen LogP contribution in [0.4, 0.5) is 14.5 Å². The third-order valence-corrected chi connectivity index (χ3v) is 9.04. The molecule has 1 N–H and O–H groups in total. The molecular weight excluding hydrogens is 564 g/mol. The molecule has 1 fully saturated rings. The SMILES string of the molecule is CCOc1ccc(N(CC(=O)N(Cc2ccc(F)cc2)[C@@H](C)C(=O)NC2CCCC2)S(=O)(=O)c2ccc(F)cc2)cc1. The van der Waals surface area contributed by atoms with Crippen molar-refractivity contribution in [3.63, 3.8) is 0 Å². The number of carbonyl (C=O) groups is 2. The summed E-state index contributed by atoms with van der Waals surface area (Å²) in [6.45, 7) is 3.12. The Balaban J connectivity index is 1.68. The van der Waals surface area contributed by atoms with Crippen molar-refractivity contribution in [1.29, 1.82) is 0 Å². The number of sulfonamides is 1. The molecule has 0 radical (unpaired) electrons. The zero-order chi connectivity index (χ0) is 30.3. The molecular formula is C31H35F2N3O5S. The third-order valence-electron chi connectivity index (χ3n) is 7.25. The predicted molar refractivity (Wildman–Crippen MR) is 155 cm³/mol. The molecule has 2 amide bonds. The van der Waals surface area contributed by atoms with Crippen molar-refractivity contribution in [1.82, 2.24) is 10.2 Å². The number of ether oxygens (including phenoxy) is 1. The van der Waals surface area contributed by atoms with Gasteiger partial charge in [-0.15, -0.1) is 0 Å². The Morgan fingerprint density at radius 3 is 2.07 bits per heavy atom. The number of anilines is 1. The van der Waals surface area contributed by atoms with Gasteiger partial charge in [-0.1, -0.05) is 25.0 Å². The first kappa shape index (κ1) is 31.0. The normalized spacial score (nSPS) is 14.3. The van der Waals surface area contributed by atoms with E-state index in [0.717, 1.165) is 54.3 Å². The zero-order valence-electron chi connectivity index (χ0n) is 23.6. The van der Waals surface area contributed by atoms with E-state index in [2.05, 4.69) is 5.32 Å². The summed E-state index contributed by atoms with van der Waals surface area (Å²) in [6.07, 6.45) is 3.73. The molecule has 0 aliphatic heterocycles. The second-order valence-corrected chi connectivity index (χ2v) is 12.1. The fraction of sp³-hybridized carbons (Fsp3) is 0.355. The Hall–Kier alpha value is -3.99. The second kappa shape index (κ2) is 13.8. The number of amides is 2. The molecule has 0 saturated heterocycles. The number of rotatable bonds is 12. The van der Waals surface area contributed by atoms with Gasteiger partial charge in [-0.25, -0.2) is 17.2 Å². The zero-order valence-corrected chi connectivity index (χ0v) is 24.4. The summed E-state index contributed by atoms with van der Waals surface area (Å²) < 4.78 is 61.3. The van der Waals surface area contributed by atoms with E-state index in [1.54, 1.807) is 19.1 Å². The lowest BCUT2D eigenvalue weighted by Gasteiger charge is -2.32. The maximum Gasteiger partial charge on any atom is 0.264 e. The summed E-state index contributed by atoms with van der Waals surface area (Å²) in [4.78, 5) is 28.3. The molecule has 0 bridgehead atoms. The summed E-state index contributed by atoms with van der Waals surface area (Å²) in [5.41, 5.74) is 0.750.